The molecule has 0 atom stereocenters. The first kappa shape index (κ1) is 12.2. The third-order valence-electron chi connectivity index (χ3n) is 2.93. The molecule has 0 aliphatic heterocycles. The fourth-order valence-corrected chi connectivity index (χ4v) is 2.04. The first-order chi connectivity index (χ1) is 8.61. The summed E-state index contributed by atoms with van der Waals surface area (Å²) in [4.78, 5) is 2.06. The van der Waals surface area contributed by atoms with Gasteiger partial charge in [-0.15, -0.1) is 0 Å². The van der Waals surface area contributed by atoms with Crippen LogP contribution in [0.1, 0.15) is 17.0 Å². The highest BCUT2D eigenvalue weighted by Crippen LogP contribution is 2.20. The molecule has 2 rings (SSSR count). The molecule has 0 aliphatic carbocycles. The van der Waals surface area contributed by atoms with Crippen LogP contribution >= 0.6 is 0 Å². The molecule has 0 saturated heterocycles. The summed E-state index contributed by atoms with van der Waals surface area (Å²) in [6, 6.07) is 11.9. The largest absolute Gasteiger partial charge is 0.368 e. The first-order valence-electron chi connectivity index (χ1n) is 5.81. The minimum absolute atomic E-state index is 0.693. The van der Waals surface area contributed by atoms with E-state index in [0.29, 0.717) is 5.56 Å². The number of anilines is 1. The maximum atomic E-state index is 9.10. The predicted octanol–water partition coefficient (Wildman–Crippen LogP) is 2.24. The molecule has 0 aliphatic rings. The van der Waals surface area contributed by atoms with E-state index in [1.807, 2.05) is 50.0 Å². The van der Waals surface area contributed by atoms with Crippen molar-refractivity contribution in [2.75, 3.05) is 11.9 Å². The number of benzene rings is 1. The Bertz CT molecular complexity index is 592. The smallest absolute Gasteiger partial charge is 0.101 e. The van der Waals surface area contributed by atoms with Crippen molar-refractivity contribution in [2.45, 2.75) is 13.5 Å². The van der Waals surface area contributed by atoms with Crippen LogP contribution < -0.4 is 4.90 Å². The van der Waals surface area contributed by atoms with E-state index in [4.69, 9.17) is 5.26 Å². The Labute approximate surface area is 107 Å². The van der Waals surface area contributed by atoms with Gasteiger partial charge in [0.1, 0.15) is 6.07 Å². The zero-order valence-electron chi connectivity index (χ0n) is 10.9. The second kappa shape index (κ2) is 4.92. The molecular formula is C14H16N4. The van der Waals surface area contributed by atoms with Crippen molar-refractivity contribution in [3.05, 3.63) is 47.3 Å². The average molecular weight is 240 g/mol. The lowest BCUT2D eigenvalue weighted by atomic mass is 10.2. The minimum atomic E-state index is 0.693. The van der Waals surface area contributed by atoms with E-state index in [1.54, 1.807) is 0 Å². The van der Waals surface area contributed by atoms with Crippen LogP contribution in [0.4, 0.5) is 5.69 Å². The second-order valence-corrected chi connectivity index (χ2v) is 4.39. The molecule has 1 aromatic heterocycles. The summed E-state index contributed by atoms with van der Waals surface area (Å²) in [7, 11) is 3.92. The van der Waals surface area contributed by atoms with Crippen molar-refractivity contribution >= 4 is 5.69 Å². The number of aromatic nitrogens is 2. The van der Waals surface area contributed by atoms with Gasteiger partial charge in [0, 0.05) is 14.1 Å². The Kier molecular flexibility index (Phi) is 3.33. The van der Waals surface area contributed by atoms with Gasteiger partial charge in [-0.1, -0.05) is 12.1 Å². The molecular weight excluding hydrogens is 224 g/mol. The molecule has 0 amide bonds. The van der Waals surface area contributed by atoms with Crippen LogP contribution in [-0.2, 0) is 13.6 Å². The Hall–Kier alpha value is -2.28. The highest BCUT2D eigenvalue weighted by atomic mass is 15.3. The van der Waals surface area contributed by atoms with Gasteiger partial charge in [-0.2, -0.15) is 10.4 Å². The zero-order chi connectivity index (χ0) is 13.1. The van der Waals surface area contributed by atoms with E-state index < -0.39 is 0 Å². The molecule has 0 radical (unpaired) electrons. The standard InChI is InChI=1S/C14H16N4/c1-11-8-13(18(3)16-11)10-17(2)14-7-5-4-6-12(14)9-15/h4-8H,10H2,1-3H3. The van der Waals surface area contributed by atoms with Gasteiger partial charge in [0.05, 0.1) is 29.2 Å². The van der Waals surface area contributed by atoms with Crippen molar-refractivity contribution in [2.24, 2.45) is 7.05 Å². The Morgan fingerprint density at radius 2 is 2.11 bits per heavy atom. The fraction of sp³-hybridized carbons (Fsp3) is 0.286. The number of rotatable bonds is 3. The highest BCUT2D eigenvalue weighted by molar-refractivity contribution is 5.58. The van der Waals surface area contributed by atoms with Crippen molar-refractivity contribution < 1.29 is 0 Å². The molecule has 0 spiro atoms. The Morgan fingerprint density at radius 1 is 1.39 bits per heavy atom. The van der Waals surface area contributed by atoms with Crippen molar-refractivity contribution in [3.63, 3.8) is 0 Å². The number of aryl methyl sites for hydroxylation is 2. The molecule has 1 heterocycles. The molecule has 0 N–H and O–H groups in total. The fourth-order valence-electron chi connectivity index (χ4n) is 2.04. The van der Waals surface area contributed by atoms with E-state index in [-0.39, 0.29) is 0 Å². The Morgan fingerprint density at radius 3 is 2.72 bits per heavy atom. The van der Waals surface area contributed by atoms with Crippen LogP contribution in [0.3, 0.4) is 0 Å². The number of hydrogen-bond acceptors (Lipinski definition) is 3. The Balaban J connectivity index is 2.25. The van der Waals surface area contributed by atoms with Gasteiger partial charge in [-0.05, 0) is 25.1 Å². The van der Waals surface area contributed by atoms with Crippen molar-refractivity contribution in [3.8, 4) is 6.07 Å². The lowest BCUT2D eigenvalue weighted by molar-refractivity contribution is 0.694. The summed E-state index contributed by atoms with van der Waals surface area (Å²) < 4.78 is 1.88. The lowest BCUT2D eigenvalue weighted by Gasteiger charge is -2.20. The van der Waals surface area contributed by atoms with Crippen LogP contribution in [0.15, 0.2) is 30.3 Å². The van der Waals surface area contributed by atoms with Crippen LogP contribution in [0, 0.1) is 18.3 Å². The van der Waals surface area contributed by atoms with Crippen LogP contribution in [0.25, 0.3) is 0 Å². The zero-order valence-corrected chi connectivity index (χ0v) is 10.9. The quantitative estimate of drug-likeness (QED) is 0.826. The molecule has 2 aromatic rings. The van der Waals surface area contributed by atoms with Gasteiger partial charge < -0.3 is 4.90 Å². The molecule has 4 nitrogen and oxygen atoms in total. The molecule has 0 saturated carbocycles. The minimum Gasteiger partial charge on any atom is -0.368 e. The van der Waals surface area contributed by atoms with Gasteiger partial charge in [0.2, 0.25) is 0 Å². The highest BCUT2D eigenvalue weighted by Gasteiger charge is 2.09. The third-order valence-corrected chi connectivity index (χ3v) is 2.93. The normalized spacial score (nSPS) is 10.1. The van der Waals surface area contributed by atoms with Crippen LogP contribution in [0.5, 0.6) is 0 Å². The van der Waals surface area contributed by atoms with Gasteiger partial charge in [-0.3, -0.25) is 4.68 Å². The molecule has 4 heteroatoms. The van der Waals surface area contributed by atoms with E-state index in [0.717, 1.165) is 23.6 Å². The maximum absolute atomic E-state index is 9.10. The summed E-state index contributed by atoms with van der Waals surface area (Å²) in [5.41, 5.74) is 3.77. The molecule has 0 fully saturated rings. The summed E-state index contributed by atoms with van der Waals surface area (Å²) >= 11 is 0. The third kappa shape index (κ3) is 2.35. The van der Waals surface area contributed by atoms with Gasteiger partial charge in [-0.25, -0.2) is 0 Å². The average Bonchev–Trinajstić information content (AvgIpc) is 2.67. The number of nitrogens with zero attached hydrogens (tertiary/aromatic N) is 4. The van der Waals surface area contributed by atoms with Gasteiger partial charge in [0.25, 0.3) is 0 Å². The van der Waals surface area contributed by atoms with Crippen LogP contribution in [-0.4, -0.2) is 16.8 Å². The molecule has 1 aromatic carbocycles. The van der Waals surface area contributed by atoms with Gasteiger partial charge in [0.15, 0.2) is 0 Å². The van der Waals surface area contributed by atoms with Crippen LogP contribution in [0.2, 0.25) is 0 Å². The topological polar surface area (TPSA) is 44.9 Å². The van der Waals surface area contributed by atoms with Crippen molar-refractivity contribution in [1.29, 1.82) is 5.26 Å². The summed E-state index contributed by atoms with van der Waals surface area (Å²) in [5.74, 6) is 0. The van der Waals surface area contributed by atoms with E-state index in [2.05, 4.69) is 22.1 Å². The number of para-hydroxylation sites is 1. The lowest BCUT2D eigenvalue weighted by Crippen LogP contribution is -2.19. The van der Waals surface area contributed by atoms with E-state index in [9.17, 15) is 0 Å². The monoisotopic (exact) mass is 240 g/mol. The van der Waals surface area contributed by atoms with Gasteiger partial charge >= 0.3 is 0 Å². The summed E-state index contributed by atoms with van der Waals surface area (Å²) in [5, 5.41) is 13.4. The second-order valence-electron chi connectivity index (χ2n) is 4.39. The number of nitriles is 1. The summed E-state index contributed by atoms with van der Waals surface area (Å²) in [6.45, 7) is 2.71. The predicted molar refractivity (Wildman–Crippen MR) is 71.2 cm³/mol. The molecule has 18 heavy (non-hydrogen) atoms. The van der Waals surface area contributed by atoms with E-state index in [1.165, 1.54) is 0 Å². The SMILES string of the molecule is Cc1cc(CN(C)c2ccccc2C#N)n(C)n1. The van der Waals surface area contributed by atoms with Crippen molar-refractivity contribution in [1.82, 2.24) is 9.78 Å². The molecule has 0 unspecified atom stereocenters. The molecule has 0 bridgehead atoms. The number of hydrogen-bond donors (Lipinski definition) is 0. The van der Waals surface area contributed by atoms with E-state index >= 15 is 0 Å². The maximum Gasteiger partial charge on any atom is 0.101 e. The molecule has 92 valence electrons. The summed E-state index contributed by atoms with van der Waals surface area (Å²) in [6.07, 6.45) is 0. The first-order valence-corrected chi connectivity index (χ1v) is 5.81.